The third kappa shape index (κ3) is 3.76. The molecule has 1 saturated heterocycles. The Morgan fingerprint density at radius 1 is 0.625 bits per heavy atom. The van der Waals surface area contributed by atoms with Crippen LogP contribution in [0.25, 0.3) is 0 Å². The lowest BCUT2D eigenvalue weighted by atomic mass is 9.86. The van der Waals surface area contributed by atoms with Gasteiger partial charge in [-0.05, 0) is 31.7 Å². The van der Waals surface area contributed by atoms with Gasteiger partial charge in [-0.2, -0.15) is 0 Å². The van der Waals surface area contributed by atoms with Crippen molar-refractivity contribution in [2.24, 2.45) is 11.8 Å². The molecular formula is C15H29N. The van der Waals surface area contributed by atoms with Gasteiger partial charge in [0.25, 0.3) is 0 Å². The highest BCUT2D eigenvalue weighted by atomic mass is 15.1. The summed E-state index contributed by atoms with van der Waals surface area (Å²) in [6.45, 7) is 2.76. The Morgan fingerprint density at radius 3 is 1.44 bits per heavy atom. The van der Waals surface area contributed by atoms with E-state index in [0.29, 0.717) is 0 Å². The van der Waals surface area contributed by atoms with Gasteiger partial charge in [0.2, 0.25) is 0 Å². The number of fused-ring (bicyclic) bond motifs is 1. The van der Waals surface area contributed by atoms with E-state index >= 15 is 0 Å². The maximum absolute atomic E-state index is 2.56. The van der Waals surface area contributed by atoms with E-state index in [1.807, 2.05) is 0 Å². The van der Waals surface area contributed by atoms with Crippen molar-refractivity contribution in [3.8, 4) is 0 Å². The van der Waals surface area contributed by atoms with Crippen molar-refractivity contribution < 1.29 is 0 Å². The lowest BCUT2D eigenvalue weighted by Gasteiger charge is -2.19. The van der Waals surface area contributed by atoms with Crippen molar-refractivity contribution in [3.05, 3.63) is 0 Å². The zero-order chi connectivity index (χ0) is 11.2. The molecule has 1 nitrogen and oxygen atoms in total. The third-order valence-corrected chi connectivity index (χ3v) is 4.66. The van der Waals surface area contributed by atoms with Crippen molar-refractivity contribution in [2.45, 2.75) is 64.2 Å². The molecule has 0 spiro atoms. The van der Waals surface area contributed by atoms with Gasteiger partial charge in [0, 0.05) is 13.1 Å². The van der Waals surface area contributed by atoms with Crippen LogP contribution < -0.4 is 0 Å². The predicted octanol–water partition coefficient (Wildman–Crippen LogP) is 4.08. The quantitative estimate of drug-likeness (QED) is 0.598. The minimum atomic E-state index is 1.03. The number of likely N-dealkylation sites (tertiary alicyclic amines) is 1. The largest absolute Gasteiger partial charge is 0.306 e. The molecule has 1 heterocycles. The second-order valence-corrected chi connectivity index (χ2v) is 6.15. The third-order valence-electron chi connectivity index (χ3n) is 4.66. The first-order chi connectivity index (χ1) is 7.86. The highest BCUT2D eigenvalue weighted by Gasteiger charge is 2.29. The van der Waals surface area contributed by atoms with Gasteiger partial charge < -0.3 is 4.90 Å². The smallest absolute Gasteiger partial charge is 0.000985 e. The molecule has 0 N–H and O–H groups in total. The van der Waals surface area contributed by atoms with E-state index in [0.717, 1.165) is 11.8 Å². The zero-order valence-corrected chi connectivity index (χ0v) is 11.1. The molecule has 0 aromatic carbocycles. The van der Waals surface area contributed by atoms with Gasteiger partial charge in [-0.3, -0.25) is 0 Å². The number of rotatable bonds is 0. The molecule has 2 unspecified atom stereocenters. The van der Waals surface area contributed by atoms with E-state index in [1.54, 1.807) is 0 Å². The number of nitrogens with zero attached hydrogens (tertiary/aromatic N) is 1. The average molecular weight is 223 g/mol. The summed E-state index contributed by atoms with van der Waals surface area (Å²) in [5, 5.41) is 0. The Bertz CT molecular complexity index is 170. The summed E-state index contributed by atoms with van der Waals surface area (Å²) in [5.41, 5.74) is 0. The van der Waals surface area contributed by atoms with E-state index in [1.165, 1.54) is 77.3 Å². The van der Waals surface area contributed by atoms with Crippen LogP contribution in [0.2, 0.25) is 0 Å². The van der Waals surface area contributed by atoms with Crippen LogP contribution in [0.4, 0.5) is 0 Å². The maximum Gasteiger partial charge on any atom is 0.000985 e. The van der Waals surface area contributed by atoms with Crippen LogP contribution in [-0.4, -0.2) is 25.0 Å². The van der Waals surface area contributed by atoms with Gasteiger partial charge in [-0.15, -0.1) is 0 Å². The highest BCUT2D eigenvalue weighted by Crippen LogP contribution is 2.31. The summed E-state index contributed by atoms with van der Waals surface area (Å²) in [7, 11) is 2.31. The average Bonchev–Trinajstić information content (AvgIpc) is 2.59. The Kier molecular flexibility index (Phi) is 5.15. The van der Waals surface area contributed by atoms with Gasteiger partial charge in [-0.1, -0.05) is 51.4 Å². The van der Waals surface area contributed by atoms with Crippen LogP contribution in [0.5, 0.6) is 0 Å². The first-order valence-corrected chi connectivity index (χ1v) is 7.55. The van der Waals surface area contributed by atoms with E-state index < -0.39 is 0 Å². The molecule has 0 aromatic heterocycles. The van der Waals surface area contributed by atoms with E-state index in [4.69, 9.17) is 0 Å². The van der Waals surface area contributed by atoms with Crippen molar-refractivity contribution in [3.63, 3.8) is 0 Å². The minimum Gasteiger partial charge on any atom is -0.306 e. The number of hydrogen-bond acceptors (Lipinski definition) is 1. The standard InChI is InChI=1S/C15H29N/c1-16-12-14-10-8-6-4-2-3-5-7-9-11-15(14)13-16/h14-15H,2-13H2,1H3. The molecule has 16 heavy (non-hydrogen) atoms. The SMILES string of the molecule is CN1CC2CCCCCCCCCCC2C1. The Labute approximate surface area is 102 Å². The highest BCUT2D eigenvalue weighted by molar-refractivity contribution is 4.82. The monoisotopic (exact) mass is 223 g/mol. The maximum atomic E-state index is 2.56. The minimum absolute atomic E-state index is 1.03. The molecule has 1 saturated carbocycles. The van der Waals surface area contributed by atoms with Crippen LogP contribution >= 0.6 is 0 Å². The second kappa shape index (κ2) is 6.64. The van der Waals surface area contributed by atoms with Gasteiger partial charge in [0.1, 0.15) is 0 Å². The molecular weight excluding hydrogens is 194 g/mol. The molecule has 0 aromatic rings. The van der Waals surface area contributed by atoms with Crippen LogP contribution in [0.15, 0.2) is 0 Å². The predicted molar refractivity (Wildman–Crippen MR) is 70.6 cm³/mol. The van der Waals surface area contributed by atoms with Crippen LogP contribution in [0.3, 0.4) is 0 Å². The Morgan fingerprint density at radius 2 is 1.00 bits per heavy atom. The van der Waals surface area contributed by atoms with Gasteiger partial charge >= 0.3 is 0 Å². The van der Waals surface area contributed by atoms with E-state index in [-0.39, 0.29) is 0 Å². The topological polar surface area (TPSA) is 3.24 Å². The molecule has 1 aliphatic heterocycles. The molecule has 2 aliphatic rings. The molecule has 1 aliphatic carbocycles. The summed E-state index contributed by atoms with van der Waals surface area (Å²) in [4.78, 5) is 2.56. The summed E-state index contributed by atoms with van der Waals surface area (Å²) in [5.74, 6) is 2.06. The van der Waals surface area contributed by atoms with Crippen LogP contribution in [0, 0.1) is 11.8 Å². The molecule has 1 heteroatoms. The molecule has 0 bridgehead atoms. The molecule has 2 atom stereocenters. The zero-order valence-electron chi connectivity index (χ0n) is 11.1. The molecule has 2 rings (SSSR count). The normalized spacial score (nSPS) is 35.1. The fraction of sp³-hybridized carbons (Fsp3) is 1.00. The first kappa shape index (κ1) is 12.4. The van der Waals surface area contributed by atoms with Crippen molar-refractivity contribution >= 4 is 0 Å². The fourth-order valence-corrected chi connectivity index (χ4v) is 3.70. The Hall–Kier alpha value is -0.0400. The summed E-state index contributed by atoms with van der Waals surface area (Å²) >= 11 is 0. The first-order valence-electron chi connectivity index (χ1n) is 7.55. The lowest BCUT2D eigenvalue weighted by molar-refractivity contribution is 0.341. The summed E-state index contributed by atoms with van der Waals surface area (Å²) < 4.78 is 0. The van der Waals surface area contributed by atoms with Crippen LogP contribution in [0.1, 0.15) is 64.2 Å². The second-order valence-electron chi connectivity index (χ2n) is 6.15. The van der Waals surface area contributed by atoms with E-state index in [9.17, 15) is 0 Å². The molecule has 94 valence electrons. The van der Waals surface area contributed by atoms with Crippen LogP contribution in [-0.2, 0) is 0 Å². The lowest BCUT2D eigenvalue weighted by Crippen LogP contribution is -2.13. The summed E-state index contributed by atoms with van der Waals surface area (Å²) in [6.07, 6.45) is 15.0. The van der Waals surface area contributed by atoms with Gasteiger partial charge in [-0.25, -0.2) is 0 Å². The summed E-state index contributed by atoms with van der Waals surface area (Å²) in [6, 6.07) is 0. The van der Waals surface area contributed by atoms with Crippen molar-refractivity contribution in [1.29, 1.82) is 0 Å². The van der Waals surface area contributed by atoms with Crippen molar-refractivity contribution in [1.82, 2.24) is 4.90 Å². The fourth-order valence-electron chi connectivity index (χ4n) is 3.70. The van der Waals surface area contributed by atoms with Gasteiger partial charge in [0.15, 0.2) is 0 Å². The van der Waals surface area contributed by atoms with Crippen molar-refractivity contribution in [2.75, 3.05) is 20.1 Å². The van der Waals surface area contributed by atoms with Gasteiger partial charge in [0.05, 0.1) is 0 Å². The molecule has 0 radical (unpaired) electrons. The van der Waals surface area contributed by atoms with E-state index in [2.05, 4.69) is 11.9 Å². The Balaban J connectivity index is 1.81. The number of hydrogen-bond donors (Lipinski definition) is 0. The molecule has 2 fully saturated rings. The molecule has 0 amide bonds.